The Balaban J connectivity index is 0. The van der Waals surface area contributed by atoms with Gasteiger partial charge in [0, 0.05) is 0 Å². The van der Waals surface area contributed by atoms with Gasteiger partial charge < -0.3 is 0 Å². The SMILES string of the molecule is [O]=[Ru].[O]=[V]. The van der Waals surface area contributed by atoms with Crippen LogP contribution in [-0.4, -0.2) is 0 Å². The van der Waals surface area contributed by atoms with Gasteiger partial charge in [-0.2, -0.15) is 0 Å². The molecule has 0 atom stereocenters. The maximum atomic E-state index is 8.19. The first-order valence-electron chi connectivity index (χ1n) is 0.327. The molecule has 0 heterocycles. The standard InChI is InChI=1S/2O.Ru.V. The molecule has 0 radical (unpaired) electrons. The van der Waals surface area contributed by atoms with Gasteiger partial charge >= 0.3 is 42.9 Å². The molecule has 2 nitrogen and oxygen atoms in total. The van der Waals surface area contributed by atoms with Crippen LogP contribution < -0.4 is 0 Å². The molecule has 4 heavy (non-hydrogen) atoms. The number of hydrogen-bond acceptors (Lipinski definition) is 2. The summed E-state index contributed by atoms with van der Waals surface area (Å²) in [6.07, 6.45) is 0. The summed E-state index contributed by atoms with van der Waals surface area (Å²) in [5.41, 5.74) is 0. The second-order valence-corrected chi connectivity index (χ2v) is 0. The van der Waals surface area contributed by atoms with Crippen LogP contribution in [0.5, 0.6) is 0 Å². The van der Waals surface area contributed by atoms with E-state index in [1.807, 2.05) is 0 Å². The zero-order valence-corrected chi connectivity index (χ0v) is 4.75. The summed E-state index contributed by atoms with van der Waals surface area (Å²) in [7, 11) is 0. The molecule has 25 valence electrons. The fourth-order valence-electron chi connectivity index (χ4n) is 0. The van der Waals surface area contributed by atoms with Gasteiger partial charge in [0.15, 0.2) is 0 Å². The van der Waals surface area contributed by atoms with E-state index in [-0.39, 0.29) is 0 Å². The van der Waals surface area contributed by atoms with Crippen LogP contribution in [0.1, 0.15) is 0 Å². The molecule has 0 aromatic heterocycles. The molecule has 0 aliphatic heterocycles. The van der Waals surface area contributed by atoms with Crippen LogP contribution in [0, 0.1) is 0 Å². The summed E-state index contributed by atoms with van der Waals surface area (Å²) >= 11 is 2.16. The van der Waals surface area contributed by atoms with E-state index < -0.39 is 0 Å². The van der Waals surface area contributed by atoms with Crippen molar-refractivity contribution in [2.75, 3.05) is 0 Å². The zero-order chi connectivity index (χ0) is 4.00. The minimum atomic E-state index is 1.06. The van der Waals surface area contributed by atoms with Gasteiger partial charge in [-0.15, -0.1) is 0 Å². The molecule has 0 N–H and O–H groups in total. The topological polar surface area (TPSA) is 34.1 Å². The van der Waals surface area contributed by atoms with Crippen molar-refractivity contribution < 1.29 is 42.9 Å². The summed E-state index contributed by atoms with van der Waals surface area (Å²) < 4.78 is 16.4. The molecule has 0 spiro atoms. The Kier molecular flexibility index (Phi) is 102. The third-order valence-corrected chi connectivity index (χ3v) is 0. The molecule has 0 aliphatic carbocycles. The van der Waals surface area contributed by atoms with E-state index in [0.717, 1.165) is 35.6 Å². The molecule has 0 unspecified atom stereocenters. The Morgan fingerprint density at radius 2 is 1.25 bits per heavy atom. The van der Waals surface area contributed by atoms with Crippen LogP contribution >= 0.6 is 0 Å². The van der Waals surface area contributed by atoms with E-state index >= 15 is 0 Å². The Bertz CT molecular complexity index is 8.00. The summed E-state index contributed by atoms with van der Waals surface area (Å²) in [5, 5.41) is 0. The molecule has 0 rings (SSSR count). The zero-order valence-electron chi connectivity index (χ0n) is 1.62. The third-order valence-electron chi connectivity index (χ3n) is 0. The van der Waals surface area contributed by atoms with Gasteiger partial charge in [0.2, 0.25) is 0 Å². The normalized spacial score (nSPS) is 2.00. The Morgan fingerprint density at radius 3 is 1.25 bits per heavy atom. The summed E-state index contributed by atoms with van der Waals surface area (Å²) in [6, 6.07) is 0. The van der Waals surface area contributed by atoms with E-state index in [4.69, 9.17) is 7.25 Å². The van der Waals surface area contributed by atoms with Gasteiger partial charge in [-0.25, -0.2) is 0 Å². The minimum absolute atomic E-state index is 1.06. The van der Waals surface area contributed by atoms with Gasteiger partial charge in [0.05, 0.1) is 0 Å². The molecule has 0 amide bonds. The van der Waals surface area contributed by atoms with Crippen LogP contribution in [0.4, 0.5) is 0 Å². The first-order chi connectivity index (χ1) is 2.00. The monoisotopic (exact) mass is 185 g/mol. The Morgan fingerprint density at radius 1 is 1.25 bits per heavy atom. The number of hydrogen-bond donors (Lipinski definition) is 0. The Labute approximate surface area is 43.1 Å². The summed E-state index contributed by atoms with van der Waals surface area (Å²) in [5.74, 6) is 0. The van der Waals surface area contributed by atoms with E-state index in [1.165, 1.54) is 0 Å². The van der Waals surface area contributed by atoms with Crippen LogP contribution in [0.2, 0.25) is 0 Å². The first kappa shape index (κ1) is 8.84. The molecule has 0 saturated carbocycles. The average Bonchev–Trinajstić information content (AvgIpc) is 1.50. The fraction of sp³-hybridized carbons (Fsp3) is 0. The summed E-state index contributed by atoms with van der Waals surface area (Å²) in [6.45, 7) is 0. The second kappa shape index (κ2) is 46.0. The maximum absolute atomic E-state index is 8.19. The van der Waals surface area contributed by atoms with Crippen molar-refractivity contribution in [1.82, 2.24) is 0 Å². The van der Waals surface area contributed by atoms with Crippen LogP contribution in [-0.2, 0) is 42.9 Å². The van der Waals surface area contributed by atoms with E-state index in [2.05, 4.69) is 0 Å². The van der Waals surface area contributed by atoms with E-state index in [1.54, 1.807) is 0 Å². The molecular weight excluding hydrogens is 184 g/mol. The van der Waals surface area contributed by atoms with Gasteiger partial charge in [-0.05, 0) is 0 Å². The molecule has 0 aromatic carbocycles. The molecule has 0 saturated heterocycles. The Hall–Kier alpha value is 0.808. The van der Waals surface area contributed by atoms with Gasteiger partial charge in [-0.3, -0.25) is 0 Å². The predicted molar refractivity (Wildman–Crippen MR) is 1.37 cm³/mol. The van der Waals surface area contributed by atoms with Crippen molar-refractivity contribution in [2.24, 2.45) is 0 Å². The van der Waals surface area contributed by atoms with Crippen LogP contribution in [0.25, 0.3) is 0 Å². The first-order valence-corrected chi connectivity index (χ1v) is 1.61. The van der Waals surface area contributed by atoms with Crippen LogP contribution in [0.15, 0.2) is 0 Å². The second-order valence-electron chi connectivity index (χ2n) is 0. The molecule has 4 heteroatoms. The van der Waals surface area contributed by atoms with Gasteiger partial charge in [0.25, 0.3) is 0 Å². The molecular formula is O2RuV. The summed E-state index contributed by atoms with van der Waals surface area (Å²) in [4.78, 5) is 0. The molecule has 0 bridgehead atoms. The average molecular weight is 184 g/mol. The predicted octanol–water partition coefficient (Wildman–Crippen LogP) is -0.243. The molecule has 0 aromatic rings. The van der Waals surface area contributed by atoms with E-state index in [9.17, 15) is 0 Å². The quantitative estimate of drug-likeness (QED) is 0.487. The fourth-order valence-corrected chi connectivity index (χ4v) is 0. The van der Waals surface area contributed by atoms with Crippen molar-refractivity contribution >= 4 is 0 Å². The van der Waals surface area contributed by atoms with Crippen molar-refractivity contribution in [3.05, 3.63) is 0 Å². The third kappa shape index (κ3) is 14.1. The van der Waals surface area contributed by atoms with Gasteiger partial charge in [0.1, 0.15) is 0 Å². The van der Waals surface area contributed by atoms with Crippen molar-refractivity contribution in [3.63, 3.8) is 0 Å². The number of rotatable bonds is 0. The van der Waals surface area contributed by atoms with Crippen molar-refractivity contribution in [1.29, 1.82) is 0 Å². The van der Waals surface area contributed by atoms with Crippen LogP contribution in [0.3, 0.4) is 0 Å². The van der Waals surface area contributed by atoms with Crippen molar-refractivity contribution in [2.45, 2.75) is 0 Å². The molecule has 0 fully saturated rings. The van der Waals surface area contributed by atoms with Crippen molar-refractivity contribution in [3.8, 4) is 0 Å². The van der Waals surface area contributed by atoms with Gasteiger partial charge in [-0.1, -0.05) is 0 Å². The molecule has 0 aliphatic rings. The van der Waals surface area contributed by atoms with E-state index in [0.29, 0.717) is 0 Å².